The molecule has 5 rings (SSSR count). The molecule has 2 heterocycles. The highest BCUT2D eigenvalue weighted by Gasteiger charge is 2.35. The molecule has 1 N–H and O–H groups in total. The molecule has 1 aliphatic heterocycles. The van der Waals surface area contributed by atoms with Crippen LogP contribution in [-0.4, -0.2) is 17.4 Å². The third-order valence-electron chi connectivity index (χ3n) is 7.64. The van der Waals surface area contributed by atoms with Crippen LogP contribution in [0.3, 0.4) is 0 Å². The second kappa shape index (κ2) is 12.7. The second-order valence-electron chi connectivity index (χ2n) is 10.4. The summed E-state index contributed by atoms with van der Waals surface area (Å²) in [5.74, 6) is 0.00821. The Morgan fingerprint density at radius 3 is 2.38 bits per heavy atom. The Labute approximate surface area is 236 Å². The maximum Gasteiger partial charge on any atom is 0.212 e. The number of unbranched alkanes of at least 4 members (excludes halogenated alkanes) is 6. The van der Waals surface area contributed by atoms with Crippen molar-refractivity contribution in [1.29, 1.82) is 0 Å². The molecule has 0 fully saturated rings. The zero-order valence-electron chi connectivity index (χ0n) is 23.2. The Bertz CT molecular complexity index is 1450. The maximum atomic E-state index is 13.3. The van der Waals surface area contributed by atoms with Crippen LogP contribution in [0.15, 0.2) is 93.6 Å². The quantitative estimate of drug-likeness (QED) is 0.142. The molecule has 5 heteroatoms. The van der Waals surface area contributed by atoms with E-state index in [1.54, 1.807) is 11.8 Å². The lowest BCUT2D eigenvalue weighted by Crippen LogP contribution is -2.38. The number of aryl methyl sites for hydroxylation is 1. The van der Waals surface area contributed by atoms with Crippen molar-refractivity contribution >= 4 is 40.2 Å². The summed E-state index contributed by atoms with van der Waals surface area (Å²) in [5.41, 5.74) is 4.10. The zero-order valence-corrected chi connectivity index (χ0v) is 24.0. The fraction of sp³-hybridized carbons (Fsp3) is 0.353. The van der Waals surface area contributed by atoms with Crippen LogP contribution in [0.4, 0.5) is 5.69 Å². The molecule has 39 heavy (non-hydrogen) atoms. The first kappa shape index (κ1) is 27.3. The van der Waals surface area contributed by atoms with Gasteiger partial charge in [0.05, 0.1) is 21.9 Å². The molecule has 0 bridgehead atoms. The number of ketones is 1. The van der Waals surface area contributed by atoms with Crippen molar-refractivity contribution in [3.05, 3.63) is 94.4 Å². The zero-order chi connectivity index (χ0) is 27.2. The summed E-state index contributed by atoms with van der Waals surface area (Å²) < 4.78 is 2.29. The van der Waals surface area contributed by atoms with Gasteiger partial charge in [-0.15, -0.1) is 0 Å². The van der Waals surface area contributed by atoms with E-state index < -0.39 is 0 Å². The molecule has 2 aromatic carbocycles. The monoisotopic (exact) mass is 539 g/mol. The fourth-order valence-electron chi connectivity index (χ4n) is 5.42. The summed E-state index contributed by atoms with van der Waals surface area (Å²) in [5, 5.41) is 13.3. The number of carbonyl (C=O) groups is 1. The van der Waals surface area contributed by atoms with Crippen molar-refractivity contribution in [3.8, 4) is 0 Å². The highest BCUT2D eigenvalue weighted by atomic mass is 32.2. The highest BCUT2D eigenvalue weighted by molar-refractivity contribution is 8.03. The van der Waals surface area contributed by atoms with Crippen LogP contribution in [-0.2, 0) is 11.3 Å². The van der Waals surface area contributed by atoms with Crippen molar-refractivity contribution in [2.24, 2.45) is 0 Å². The lowest BCUT2D eigenvalue weighted by atomic mass is 9.87. The second-order valence-corrected chi connectivity index (χ2v) is 11.5. The topological polar surface area (TPSA) is 44.4 Å². The fourth-order valence-corrected chi connectivity index (χ4v) is 6.55. The lowest BCUT2D eigenvalue weighted by molar-refractivity contribution is -0.673. The van der Waals surface area contributed by atoms with Crippen LogP contribution < -0.4 is 9.47 Å². The number of fused-ring (bicyclic) bond motifs is 2. The van der Waals surface area contributed by atoms with Crippen molar-refractivity contribution in [2.75, 3.05) is 11.4 Å². The van der Waals surface area contributed by atoms with Gasteiger partial charge in [-0.05, 0) is 43.2 Å². The first-order valence-electron chi connectivity index (χ1n) is 14.5. The largest absolute Gasteiger partial charge is 0.506 e. The van der Waals surface area contributed by atoms with E-state index in [1.807, 2.05) is 12.2 Å². The molecule has 1 aliphatic carbocycles. The first-order valence-corrected chi connectivity index (χ1v) is 15.3. The predicted molar refractivity (Wildman–Crippen MR) is 163 cm³/mol. The molecule has 0 radical (unpaired) electrons. The number of benzene rings is 2. The minimum Gasteiger partial charge on any atom is -0.506 e. The van der Waals surface area contributed by atoms with E-state index in [-0.39, 0.29) is 11.5 Å². The summed E-state index contributed by atoms with van der Waals surface area (Å²) in [6, 6.07) is 20.9. The summed E-state index contributed by atoms with van der Waals surface area (Å²) >= 11 is 1.68. The Morgan fingerprint density at radius 2 is 1.59 bits per heavy atom. The van der Waals surface area contributed by atoms with E-state index >= 15 is 0 Å². The minimum absolute atomic E-state index is 0.0896. The number of hydrogen-bond donors (Lipinski definition) is 1. The molecular formula is C34H39N2O2S+. The number of aliphatic hydroxyl groups is 1. The van der Waals surface area contributed by atoms with Crippen LogP contribution in [0.1, 0.15) is 70.9 Å². The third-order valence-corrected chi connectivity index (χ3v) is 8.75. The number of pyridine rings is 1. The standard InChI is InChI=1S/C34H38N2O2S/c1-3-5-7-13-21-35-26(20-19-25-15-9-10-16-29(25)35)23-27-33(37)28(34(27)38)24-32-36(22-14-8-6-4-2)30-17-11-12-18-31(30)39-32/h9-12,15-20,23-24H,3-8,13-14,21-22H2,1-2H3/p+1. The SMILES string of the molecule is CCCCCCN1C(=CC2=C(O)C(=Cc3ccc4ccccc4[n+]3CCCCCC)C2=O)Sc2ccccc21. The number of hydrogen-bond acceptors (Lipinski definition) is 4. The molecule has 4 nitrogen and oxygen atoms in total. The Hall–Kier alpha value is -3.31. The number of nitrogens with zero attached hydrogens (tertiary/aromatic N) is 2. The average Bonchev–Trinajstić information content (AvgIpc) is 3.32. The summed E-state index contributed by atoms with van der Waals surface area (Å²) in [4.78, 5) is 16.8. The van der Waals surface area contributed by atoms with Gasteiger partial charge in [0.1, 0.15) is 12.3 Å². The van der Waals surface area contributed by atoms with E-state index in [4.69, 9.17) is 0 Å². The predicted octanol–water partition coefficient (Wildman–Crippen LogP) is 8.52. The van der Waals surface area contributed by atoms with Crippen molar-refractivity contribution < 1.29 is 14.5 Å². The molecule has 0 saturated heterocycles. The third kappa shape index (κ3) is 5.84. The van der Waals surface area contributed by atoms with Crippen LogP contribution in [0.5, 0.6) is 0 Å². The van der Waals surface area contributed by atoms with Gasteiger partial charge in [-0.25, -0.2) is 0 Å². The van der Waals surface area contributed by atoms with Gasteiger partial charge in [0.25, 0.3) is 0 Å². The van der Waals surface area contributed by atoms with Gasteiger partial charge in [0.15, 0.2) is 0 Å². The Balaban J connectivity index is 1.43. The van der Waals surface area contributed by atoms with E-state index in [0.29, 0.717) is 11.1 Å². The number of aromatic nitrogens is 1. The molecule has 0 saturated carbocycles. The molecule has 0 unspecified atom stereocenters. The highest BCUT2D eigenvalue weighted by Crippen LogP contribution is 2.47. The van der Waals surface area contributed by atoms with Gasteiger partial charge in [-0.1, -0.05) is 82.0 Å². The molecule has 202 valence electrons. The van der Waals surface area contributed by atoms with E-state index in [0.717, 1.165) is 42.2 Å². The molecule has 0 atom stereocenters. The summed E-state index contributed by atoms with van der Waals surface area (Å²) in [7, 11) is 0. The summed E-state index contributed by atoms with van der Waals surface area (Å²) in [6.07, 6.45) is 13.2. The number of para-hydroxylation sites is 2. The van der Waals surface area contributed by atoms with E-state index in [1.165, 1.54) is 54.5 Å². The van der Waals surface area contributed by atoms with Gasteiger partial charge < -0.3 is 10.0 Å². The van der Waals surface area contributed by atoms with Crippen LogP contribution >= 0.6 is 11.8 Å². The van der Waals surface area contributed by atoms with Gasteiger partial charge in [0, 0.05) is 41.5 Å². The summed E-state index contributed by atoms with van der Waals surface area (Å²) in [6.45, 7) is 6.24. The Morgan fingerprint density at radius 1 is 0.846 bits per heavy atom. The number of anilines is 1. The number of Topliss-reactive ketones (excluding diaryl/α,β-unsaturated/α-hetero) is 1. The number of rotatable bonds is 12. The van der Waals surface area contributed by atoms with Crippen molar-refractivity contribution in [1.82, 2.24) is 0 Å². The minimum atomic E-state index is -0.0896. The van der Waals surface area contributed by atoms with Crippen LogP contribution in [0.25, 0.3) is 17.0 Å². The number of aliphatic hydroxyl groups excluding tert-OH is 1. The van der Waals surface area contributed by atoms with Gasteiger partial charge in [-0.3, -0.25) is 4.79 Å². The van der Waals surface area contributed by atoms with Gasteiger partial charge >= 0.3 is 0 Å². The Kier molecular flexibility index (Phi) is 8.88. The molecule has 0 amide bonds. The number of carbonyl (C=O) groups excluding carboxylic acids is 1. The van der Waals surface area contributed by atoms with Crippen molar-refractivity contribution in [3.63, 3.8) is 0 Å². The molecule has 1 aromatic heterocycles. The van der Waals surface area contributed by atoms with E-state index in [9.17, 15) is 9.90 Å². The van der Waals surface area contributed by atoms with Gasteiger partial charge in [-0.2, -0.15) is 4.57 Å². The van der Waals surface area contributed by atoms with Gasteiger partial charge in [0.2, 0.25) is 17.0 Å². The van der Waals surface area contributed by atoms with Crippen molar-refractivity contribution in [2.45, 2.75) is 76.7 Å². The first-order chi connectivity index (χ1) is 19.1. The smallest absolute Gasteiger partial charge is 0.212 e. The number of thioether (sulfide) groups is 1. The number of allylic oxidation sites excluding steroid dienone is 3. The molecule has 3 aromatic rings. The molecular weight excluding hydrogens is 500 g/mol. The maximum absolute atomic E-state index is 13.3. The lowest BCUT2D eigenvalue weighted by Gasteiger charge is -2.23. The van der Waals surface area contributed by atoms with Crippen LogP contribution in [0.2, 0.25) is 0 Å². The van der Waals surface area contributed by atoms with E-state index in [2.05, 4.69) is 84.0 Å². The normalized spacial score (nSPS) is 17.0. The van der Waals surface area contributed by atoms with Crippen LogP contribution in [0, 0.1) is 0 Å². The molecule has 0 spiro atoms. The average molecular weight is 540 g/mol. The molecule has 2 aliphatic rings.